The number of hydrogen-bond donors (Lipinski definition) is 1. The Hall–Kier alpha value is -4.21. The van der Waals surface area contributed by atoms with E-state index in [4.69, 9.17) is 10.5 Å². The molecule has 0 aromatic heterocycles. The fraction of sp³-hybridized carbons (Fsp3) is 0.227. The number of hydrogen-bond acceptors (Lipinski definition) is 7. The number of nitrogens with zero attached hydrogens (tertiary/aromatic N) is 3. The highest BCUT2D eigenvalue weighted by atomic mass is 16.6. The van der Waals surface area contributed by atoms with Gasteiger partial charge in [0.05, 0.1) is 29.9 Å². The lowest BCUT2D eigenvalue weighted by molar-refractivity contribution is -0.384. The van der Waals surface area contributed by atoms with E-state index >= 15 is 0 Å². The van der Waals surface area contributed by atoms with E-state index in [0.29, 0.717) is 0 Å². The van der Waals surface area contributed by atoms with Crippen LogP contribution in [0.15, 0.2) is 48.7 Å². The molecule has 2 fully saturated rings. The van der Waals surface area contributed by atoms with Crippen molar-refractivity contribution in [2.24, 2.45) is 17.6 Å². The first-order valence-electron chi connectivity index (χ1n) is 9.89. The Morgan fingerprint density at radius 2 is 1.84 bits per heavy atom. The maximum absolute atomic E-state index is 13.7. The number of anilines is 1. The molecule has 3 heterocycles. The molecular weight excluding hydrogens is 416 g/mol. The largest absolute Gasteiger partial charge is 0.495 e. The van der Waals surface area contributed by atoms with Crippen molar-refractivity contribution in [1.82, 2.24) is 4.90 Å². The number of nitro benzene ring substituents is 1. The fourth-order valence-corrected chi connectivity index (χ4v) is 5.09. The Morgan fingerprint density at radius 1 is 1.12 bits per heavy atom. The molecule has 10 nitrogen and oxygen atoms in total. The molecule has 2 saturated heterocycles. The molecule has 0 spiro atoms. The predicted octanol–water partition coefficient (Wildman–Crippen LogP) is 1.60. The van der Waals surface area contributed by atoms with E-state index < -0.39 is 46.6 Å². The summed E-state index contributed by atoms with van der Waals surface area (Å²) in [5, 5.41) is 11.3. The molecule has 162 valence electrons. The highest BCUT2D eigenvalue weighted by Crippen LogP contribution is 2.53. The summed E-state index contributed by atoms with van der Waals surface area (Å²) in [6.07, 6.45) is 3.51. The lowest BCUT2D eigenvalue weighted by atomic mass is 9.84. The molecule has 0 radical (unpaired) electrons. The van der Waals surface area contributed by atoms with Crippen molar-refractivity contribution in [3.05, 3.63) is 69.9 Å². The van der Waals surface area contributed by atoms with Crippen LogP contribution >= 0.6 is 0 Å². The van der Waals surface area contributed by atoms with Crippen LogP contribution < -0.4 is 15.4 Å². The van der Waals surface area contributed by atoms with Crippen LogP contribution in [0.2, 0.25) is 0 Å². The average Bonchev–Trinajstić information content (AvgIpc) is 3.26. The number of methoxy groups -OCH3 is 1. The Morgan fingerprint density at radius 3 is 2.53 bits per heavy atom. The number of non-ortho nitro benzene ring substituents is 1. The second kappa shape index (κ2) is 6.91. The van der Waals surface area contributed by atoms with E-state index in [1.54, 1.807) is 11.1 Å². The molecule has 0 aliphatic carbocycles. The van der Waals surface area contributed by atoms with Crippen molar-refractivity contribution in [1.29, 1.82) is 0 Å². The molecule has 2 aromatic carbocycles. The van der Waals surface area contributed by atoms with Gasteiger partial charge in [-0.1, -0.05) is 24.3 Å². The minimum atomic E-state index is -1.03. The molecule has 0 saturated carbocycles. The van der Waals surface area contributed by atoms with Crippen molar-refractivity contribution >= 4 is 35.2 Å². The van der Waals surface area contributed by atoms with Crippen LogP contribution in [-0.2, 0) is 14.4 Å². The second-order valence-electron chi connectivity index (χ2n) is 7.86. The summed E-state index contributed by atoms with van der Waals surface area (Å²) in [7, 11) is 1.34. The zero-order valence-electron chi connectivity index (χ0n) is 16.9. The third-order valence-corrected chi connectivity index (χ3v) is 6.37. The third kappa shape index (κ3) is 2.55. The number of carbonyl (C=O) groups excluding carboxylic acids is 3. The number of benzene rings is 2. The summed E-state index contributed by atoms with van der Waals surface area (Å²) in [5.74, 6) is -3.68. The van der Waals surface area contributed by atoms with Gasteiger partial charge < -0.3 is 15.4 Å². The van der Waals surface area contributed by atoms with Gasteiger partial charge in [-0.3, -0.25) is 24.5 Å². The third-order valence-electron chi connectivity index (χ3n) is 6.37. The van der Waals surface area contributed by atoms with E-state index in [0.717, 1.165) is 22.1 Å². The molecule has 2 N–H and O–H groups in total. The Kier molecular flexibility index (Phi) is 4.26. The van der Waals surface area contributed by atoms with Gasteiger partial charge in [0.25, 0.3) is 5.69 Å². The van der Waals surface area contributed by atoms with Gasteiger partial charge in [-0.2, -0.15) is 0 Å². The van der Waals surface area contributed by atoms with Gasteiger partial charge in [0.15, 0.2) is 0 Å². The highest BCUT2D eigenvalue weighted by molar-refractivity contribution is 6.24. The van der Waals surface area contributed by atoms with Crippen LogP contribution in [0.5, 0.6) is 5.75 Å². The highest BCUT2D eigenvalue weighted by Gasteiger charge is 2.64. The van der Waals surface area contributed by atoms with Gasteiger partial charge in [0.1, 0.15) is 17.5 Å². The van der Waals surface area contributed by atoms with Crippen LogP contribution in [0.3, 0.4) is 0 Å². The molecule has 10 heteroatoms. The Bertz CT molecular complexity index is 1220. The number of carbonyl (C=O) groups is 3. The van der Waals surface area contributed by atoms with Crippen molar-refractivity contribution in [3.8, 4) is 5.75 Å². The maximum atomic E-state index is 13.7. The van der Waals surface area contributed by atoms with Gasteiger partial charge in [-0.15, -0.1) is 0 Å². The smallest absolute Gasteiger partial charge is 0.271 e. The summed E-state index contributed by atoms with van der Waals surface area (Å²) >= 11 is 0. The summed E-state index contributed by atoms with van der Waals surface area (Å²) in [6.45, 7) is 0. The molecule has 0 bridgehead atoms. The monoisotopic (exact) mass is 434 g/mol. The van der Waals surface area contributed by atoms with Crippen LogP contribution in [0.1, 0.15) is 17.2 Å². The first kappa shape index (κ1) is 19.7. The maximum Gasteiger partial charge on any atom is 0.271 e. The van der Waals surface area contributed by atoms with Crippen LogP contribution in [-0.4, -0.2) is 40.7 Å². The van der Waals surface area contributed by atoms with E-state index in [1.807, 2.05) is 30.3 Å². The second-order valence-corrected chi connectivity index (χ2v) is 7.86. The van der Waals surface area contributed by atoms with Crippen molar-refractivity contribution in [2.45, 2.75) is 12.1 Å². The van der Waals surface area contributed by atoms with Crippen LogP contribution in [0, 0.1) is 22.0 Å². The Labute approximate surface area is 182 Å². The van der Waals surface area contributed by atoms with Gasteiger partial charge in [0, 0.05) is 18.3 Å². The number of amides is 3. The molecule has 3 aliphatic rings. The van der Waals surface area contributed by atoms with Crippen molar-refractivity contribution in [2.75, 3.05) is 12.0 Å². The standard InChI is InChI=1S/C22H18N4O6/c1-32-15-7-6-12(26(30)31)10-14(15)25-21(28)16-17(22(25)29)19(20(23)27)24-9-8-11-4-2-3-5-13(11)18(16)24/h2-10,16-19H,1H3,(H2,23,27)/t16-,17+,18+,19+/m0/s1. The first-order valence-corrected chi connectivity index (χ1v) is 9.89. The summed E-state index contributed by atoms with van der Waals surface area (Å²) in [4.78, 5) is 52.9. The normalized spacial score (nSPS) is 25.4. The van der Waals surface area contributed by atoms with Gasteiger partial charge in [-0.05, 0) is 23.3 Å². The minimum absolute atomic E-state index is 0.0273. The average molecular weight is 434 g/mol. The molecular formula is C22H18N4O6. The van der Waals surface area contributed by atoms with E-state index in [2.05, 4.69) is 0 Å². The minimum Gasteiger partial charge on any atom is -0.495 e. The first-order chi connectivity index (χ1) is 15.3. The van der Waals surface area contributed by atoms with E-state index in [-0.39, 0.29) is 17.1 Å². The van der Waals surface area contributed by atoms with E-state index in [9.17, 15) is 24.5 Å². The summed E-state index contributed by atoms with van der Waals surface area (Å²) in [6, 6.07) is 9.52. The molecule has 4 atom stereocenters. The summed E-state index contributed by atoms with van der Waals surface area (Å²) < 4.78 is 5.27. The van der Waals surface area contributed by atoms with Gasteiger partial charge in [0.2, 0.25) is 17.7 Å². The molecule has 3 aliphatic heterocycles. The number of nitrogens with two attached hydrogens (primary N) is 1. The van der Waals surface area contributed by atoms with Crippen LogP contribution in [0.25, 0.3) is 6.08 Å². The van der Waals surface area contributed by atoms with E-state index in [1.165, 1.54) is 19.2 Å². The number of fused-ring (bicyclic) bond motifs is 5. The van der Waals surface area contributed by atoms with Gasteiger partial charge in [-0.25, -0.2) is 4.90 Å². The zero-order chi connectivity index (χ0) is 22.7. The number of primary amides is 1. The molecule has 5 rings (SSSR count). The molecule has 2 aromatic rings. The predicted molar refractivity (Wildman–Crippen MR) is 112 cm³/mol. The van der Waals surface area contributed by atoms with Crippen molar-refractivity contribution < 1.29 is 24.0 Å². The Balaban J connectivity index is 1.66. The van der Waals surface area contributed by atoms with Crippen LogP contribution in [0.4, 0.5) is 11.4 Å². The number of rotatable bonds is 4. The number of imide groups is 1. The summed E-state index contributed by atoms with van der Waals surface area (Å²) in [5.41, 5.74) is 7.05. The lowest BCUT2D eigenvalue weighted by Gasteiger charge is -2.34. The van der Waals surface area contributed by atoms with Gasteiger partial charge >= 0.3 is 0 Å². The molecule has 3 amide bonds. The van der Waals surface area contributed by atoms with Crippen molar-refractivity contribution in [3.63, 3.8) is 0 Å². The lowest BCUT2D eigenvalue weighted by Crippen LogP contribution is -2.46. The molecule has 32 heavy (non-hydrogen) atoms. The number of nitro groups is 1. The SMILES string of the molecule is COc1ccc([N+](=O)[O-])cc1N1C(=O)[C@@H]2[C@H](C1=O)[C@H]1c3ccccc3C=CN1[C@H]2C(N)=O. The zero-order valence-corrected chi connectivity index (χ0v) is 16.9. The number of ether oxygens (including phenoxy) is 1. The fourth-order valence-electron chi connectivity index (χ4n) is 5.09. The quantitative estimate of drug-likeness (QED) is 0.438. The topological polar surface area (TPSA) is 136 Å². The molecule has 0 unspecified atom stereocenters.